The van der Waals surface area contributed by atoms with Gasteiger partial charge in [-0.1, -0.05) is 91.0 Å². The third kappa shape index (κ3) is 3.14. The van der Waals surface area contributed by atoms with E-state index < -0.39 is 0 Å². The van der Waals surface area contributed by atoms with Gasteiger partial charge in [-0.15, -0.1) is 0 Å². The molecule has 0 radical (unpaired) electrons. The van der Waals surface area contributed by atoms with Gasteiger partial charge in [-0.2, -0.15) is 0 Å². The highest BCUT2D eigenvalue weighted by atomic mass is 15.0. The summed E-state index contributed by atoms with van der Waals surface area (Å²) in [5, 5.41) is 3.59. The first-order valence-corrected chi connectivity index (χ1v) is 13.9. The Bertz CT molecular complexity index is 2270. The zero-order valence-electron chi connectivity index (χ0n) is 22.1. The van der Waals surface area contributed by atoms with Gasteiger partial charge in [0, 0.05) is 45.4 Å². The van der Waals surface area contributed by atoms with Gasteiger partial charge in [0.15, 0.2) is 5.65 Å². The fraction of sp³-hybridized carbons (Fsp3) is 0. The van der Waals surface area contributed by atoms with Crippen molar-refractivity contribution < 1.29 is 0 Å². The molecular weight excluding hydrogens is 498 g/mol. The molecule has 3 aromatic heterocycles. The second kappa shape index (κ2) is 8.48. The molecule has 0 saturated heterocycles. The molecule has 9 rings (SSSR count). The second-order valence-corrected chi connectivity index (χ2v) is 10.6. The quantitative estimate of drug-likeness (QED) is 0.215. The van der Waals surface area contributed by atoms with E-state index in [1.54, 1.807) is 0 Å². The Morgan fingerprint density at radius 2 is 0.976 bits per heavy atom. The molecule has 1 aliphatic carbocycles. The van der Waals surface area contributed by atoms with E-state index in [9.17, 15) is 0 Å². The molecule has 0 spiro atoms. The lowest BCUT2D eigenvalue weighted by molar-refractivity contribution is 1.18. The molecule has 3 nitrogen and oxygen atoms in total. The Hall–Kier alpha value is -5.54. The van der Waals surface area contributed by atoms with Crippen LogP contribution in [0.1, 0.15) is 0 Å². The summed E-state index contributed by atoms with van der Waals surface area (Å²) in [6, 6.07) is 45.9. The van der Waals surface area contributed by atoms with Crippen LogP contribution in [0, 0.1) is 0 Å². The molecule has 190 valence electrons. The summed E-state index contributed by atoms with van der Waals surface area (Å²) in [5.74, 6) is 0. The van der Waals surface area contributed by atoms with Gasteiger partial charge < -0.3 is 4.57 Å². The number of nitrogens with zero attached hydrogens (tertiary/aromatic N) is 3. The van der Waals surface area contributed by atoms with Gasteiger partial charge >= 0.3 is 0 Å². The zero-order valence-corrected chi connectivity index (χ0v) is 22.1. The van der Waals surface area contributed by atoms with E-state index in [1.165, 1.54) is 60.8 Å². The Balaban J connectivity index is 1.42. The first-order valence-electron chi connectivity index (χ1n) is 13.9. The topological polar surface area (TPSA) is 30.7 Å². The minimum Gasteiger partial charge on any atom is -0.309 e. The maximum atomic E-state index is 4.79. The average Bonchev–Trinajstić information content (AvgIpc) is 3.38. The highest BCUT2D eigenvalue weighted by Gasteiger charge is 2.24. The number of aromatic nitrogens is 3. The average molecular weight is 522 g/mol. The molecule has 0 unspecified atom stereocenters. The number of hydrogen-bond donors (Lipinski definition) is 0. The largest absolute Gasteiger partial charge is 0.309 e. The summed E-state index contributed by atoms with van der Waals surface area (Å²) in [7, 11) is 0. The molecule has 41 heavy (non-hydrogen) atoms. The number of benzene rings is 5. The first-order chi connectivity index (χ1) is 20.4. The summed E-state index contributed by atoms with van der Waals surface area (Å²) in [6.07, 6.45) is 3.82. The van der Waals surface area contributed by atoms with Crippen molar-refractivity contribution >= 4 is 32.8 Å². The van der Waals surface area contributed by atoms with Crippen LogP contribution in [0.3, 0.4) is 0 Å². The molecule has 8 aromatic rings. The van der Waals surface area contributed by atoms with Crippen LogP contribution in [0.15, 0.2) is 140 Å². The van der Waals surface area contributed by atoms with Crippen LogP contribution < -0.4 is 0 Å². The zero-order chi connectivity index (χ0) is 26.9. The summed E-state index contributed by atoms with van der Waals surface area (Å²) in [5.41, 5.74) is 13.9. The van der Waals surface area contributed by atoms with Crippen molar-refractivity contribution in [2.75, 3.05) is 0 Å². The molecule has 3 heteroatoms. The molecule has 1 aliphatic rings. The van der Waals surface area contributed by atoms with Gasteiger partial charge in [0.1, 0.15) is 0 Å². The Kier molecular flexibility index (Phi) is 4.61. The van der Waals surface area contributed by atoms with E-state index in [4.69, 9.17) is 4.98 Å². The molecule has 5 aromatic carbocycles. The van der Waals surface area contributed by atoms with E-state index in [0.29, 0.717) is 0 Å². The Morgan fingerprint density at radius 1 is 0.415 bits per heavy atom. The van der Waals surface area contributed by atoms with Crippen LogP contribution >= 0.6 is 0 Å². The van der Waals surface area contributed by atoms with Gasteiger partial charge in [0.2, 0.25) is 0 Å². The molecule has 0 amide bonds. The normalized spacial score (nSPS) is 11.9. The van der Waals surface area contributed by atoms with Crippen LogP contribution in [0.2, 0.25) is 0 Å². The van der Waals surface area contributed by atoms with E-state index in [1.807, 2.05) is 18.5 Å². The lowest BCUT2D eigenvalue weighted by atomic mass is 9.80. The van der Waals surface area contributed by atoms with E-state index in [0.717, 1.165) is 22.3 Å². The summed E-state index contributed by atoms with van der Waals surface area (Å²) in [4.78, 5) is 9.39. The van der Waals surface area contributed by atoms with Crippen molar-refractivity contribution in [1.29, 1.82) is 0 Å². The summed E-state index contributed by atoms with van der Waals surface area (Å²) >= 11 is 0. The molecule has 0 bridgehead atoms. The smallest absolute Gasteiger partial charge is 0.159 e. The van der Waals surface area contributed by atoms with Crippen LogP contribution in [0.5, 0.6) is 0 Å². The molecule has 0 aliphatic heterocycles. The molecule has 3 heterocycles. The minimum atomic E-state index is 0.762. The van der Waals surface area contributed by atoms with E-state index in [-0.39, 0.29) is 0 Å². The molecule has 0 N–H and O–H groups in total. The van der Waals surface area contributed by atoms with E-state index in [2.05, 4.69) is 131 Å². The maximum absolute atomic E-state index is 4.79. The van der Waals surface area contributed by atoms with Crippen molar-refractivity contribution in [3.05, 3.63) is 140 Å². The SMILES string of the molecule is c1ccc2c(c1)-c1ccc(-n3c4ccccc4c4ccccc43)cc1-c1ccccc1-c1c-2cnc2ncccc12. The lowest BCUT2D eigenvalue weighted by Gasteiger charge is -2.24. The highest BCUT2D eigenvalue weighted by Crippen LogP contribution is 2.49. The van der Waals surface area contributed by atoms with Gasteiger partial charge in [-0.25, -0.2) is 9.97 Å². The summed E-state index contributed by atoms with van der Waals surface area (Å²) in [6.45, 7) is 0. The van der Waals surface area contributed by atoms with Crippen LogP contribution in [-0.4, -0.2) is 14.5 Å². The highest BCUT2D eigenvalue weighted by molar-refractivity contribution is 6.11. The Morgan fingerprint density at radius 3 is 1.71 bits per heavy atom. The van der Waals surface area contributed by atoms with Crippen LogP contribution in [-0.2, 0) is 0 Å². The van der Waals surface area contributed by atoms with Crippen molar-refractivity contribution in [3.8, 4) is 50.2 Å². The predicted octanol–water partition coefficient (Wildman–Crippen LogP) is 9.71. The predicted molar refractivity (Wildman–Crippen MR) is 169 cm³/mol. The third-order valence-corrected chi connectivity index (χ3v) is 8.48. The van der Waals surface area contributed by atoms with Gasteiger partial charge in [0.05, 0.1) is 11.0 Å². The van der Waals surface area contributed by atoms with Crippen LogP contribution in [0.4, 0.5) is 0 Å². The Labute approximate surface area is 237 Å². The summed E-state index contributed by atoms with van der Waals surface area (Å²) < 4.78 is 2.40. The minimum absolute atomic E-state index is 0.762. The van der Waals surface area contributed by atoms with Gasteiger partial charge in [-0.05, 0) is 69.8 Å². The third-order valence-electron chi connectivity index (χ3n) is 8.48. The van der Waals surface area contributed by atoms with Crippen molar-refractivity contribution in [3.63, 3.8) is 0 Å². The second-order valence-electron chi connectivity index (χ2n) is 10.6. The molecular formula is C38H23N3. The van der Waals surface area contributed by atoms with Crippen molar-refractivity contribution in [2.45, 2.75) is 0 Å². The first kappa shape index (κ1) is 22.3. The van der Waals surface area contributed by atoms with Crippen LogP contribution in [0.25, 0.3) is 83.0 Å². The van der Waals surface area contributed by atoms with Gasteiger partial charge in [-0.3, -0.25) is 0 Å². The fourth-order valence-electron chi connectivity index (χ4n) is 6.74. The van der Waals surface area contributed by atoms with Crippen molar-refractivity contribution in [2.24, 2.45) is 0 Å². The standard InChI is InChI=1S/C38H23N3/c1-2-11-26-25(10-1)28-20-19-24(41-35-17-7-5-13-29(35)30-14-6-8-18-36(30)41)22-33(28)27-12-3-4-15-31(27)37-32-16-9-21-39-38(32)40-23-34(26)37/h1-23H. The number of hydrogen-bond acceptors (Lipinski definition) is 2. The van der Waals surface area contributed by atoms with Gasteiger partial charge in [0.25, 0.3) is 0 Å². The number of para-hydroxylation sites is 2. The monoisotopic (exact) mass is 521 g/mol. The van der Waals surface area contributed by atoms with Crippen molar-refractivity contribution in [1.82, 2.24) is 14.5 Å². The molecule has 0 atom stereocenters. The molecule has 0 fully saturated rings. The van der Waals surface area contributed by atoms with E-state index >= 15 is 0 Å². The maximum Gasteiger partial charge on any atom is 0.159 e. The number of pyridine rings is 2. The fourth-order valence-corrected chi connectivity index (χ4v) is 6.74. The molecule has 0 saturated carbocycles. The number of rotatable bonds is 1. The lowest BCUT2D eigenvalue weighted by Crippen LogP contribution is -2.01. The number of fused-ring (bicyclic) bond motifs is 13.